The molecule has 0 bridgehead atoms. The quantitative estimate of drug-likeness (QED) is 0.448. The number of Topliss-reactive ketones (excluding diaryl/α,β-unsaturated/α-hetero) is 1. The number of carbonyl (C=O) groups is 2. The number of benzene rings is 1. The van der Waals surface area contributed by atoms with Crippen molar-refractivity contribution in [1.29, 1.82) is 0 Å². The lowest BCUT2D eigenvalue weighted by Crippen LogP contribution is -2.30. The van der Waals surface area contributed by atoms with Crippen LogP contribution in [0.3, 0.4) is 0 Å². The van der Waals surface area contributed by atoms with E-state index in [1.165, 1.54) is 19.1 Å². The minimum Gasteiger partial charge on any atom is -0.454 e. The second-order valence-corrected chi connectivity index (χ2v) is 3.72. The molecule has 0 spiro atoms. The first-order chi connectivity index (χ1) is 8.47. The zero-order valence-electron chi connectivity index (χ0n) is 9.41. The number of hydrogen-bond donors (Lipinski definition) is 0. The number of esters is 1. The van der Waals surface area contributed by atoms with Gasteiger partial charge < -0.3 is 9.47 Å². The van der Waals surface area contributed by atoms with Gasteiger partial charge in [0.2, 0.25) is 0 Å². The monoisotopic (exact) mass is 251 g/mol. The van der Waals surface area contributed by atoms with Crippen molar-refractivity contribution in [2.24, 2.45) is 0 Å². The summed E-state index contributed by atoms with van der Waals surface area (Å²) < 4.78 is 10.0. The third kappa shape index (κ3) is 2.29. The van der Waals surface area contributed by atoms with E-state index in [1.807, 2.05) is 0 Å². The van der Waals surface area contributed by atoms with E-state index in [-0.39, 0.29) is 29.2 Å². The molecule has 1 unspecified atom stereocenters. The highest BCUT2D eigenvalue weighted by Gasteiger charge is 2.29. The molecule has 7 heteroatoms. The standard InChI is InChI=1S/C11H9NO6/c1-6(13)17-11-5-9(14)8-4-7(12(15)16)2-3-10(8)18-11/h2-4,11H,5H2,1H3. The lowest BCUT2D eigenvalue weighted by atomic mass is 10.0. The van der Waals surface area contributed by atoms with Crippen LogP contribution in [-0.4, -0.2) is 23.0 Å². The van der Waals surface area contributed by atoms with E-state index >= 15 is 0 Å². The Morgan fingerprint density at radius 3 is 2.89 bits per heavy atom. The molecular formula is C11H9NO6. The number of nitro groups is 1. The summed E-state index contributed by atoms with van der Waals surface area (Å²) in [6, 6.07) is 3.70. The number of nitrogens with zero attached hydrogens (tertiary/aromatic N) is 1. The van der Waals surface area contributed by atoms with Crippen LogP contribution in [0.2, 0.25) is 0 Å². The van der Waals surface area contributed by atoms with Gasteiger partial charge in [0.05, 0.1) is 16.9 Å². The Hall–Kier alpha value is -2.44. The van der Waals surface area contributed by atoms with Crippen LogP contribution in [0.25, 0.3) is 0 Å². The number of ether oxygens (including phenoxy) is 2. The summed E-state index contributed by atoms with van der Waals surface area (Å²) in [5, 5.41) is 10.6. The molecule has 1 atom stereocenters. The van der Waals surface area contributed by atoms with Crippen LogP contribution in [0, 0.1) is 10.1 Å². The van der Waals surface area contributed by atoms with Crippen molar-refractivity contribution in [1.82, 2.24) is 0 Å². The first-order valence-corrected chi connectivity index (χ1v) is 5.13. The molecule has 1 heterocycles. The molecule has 0 aromatic heterocycles. The second-order valence-electron chi connectivity index (χ2n) is 3.72. The van der Waals surface area contributed by atoms with E-state index in [4.69, 9.17) is 9.47 Å². The number of non-ortho nitro benzene ring substituents is 1. The minimum absolute atomic E-state index is 0.132. The van der Waals surface area contributed by atoms with E-state index in [1.54, 1.807) is 0 Å². The first-order valence-electron chi connectivity index (χ1n) is 5.13. The number of fused-ring (bicyclic) bond motifs is 1. The van der Waals surface area contributed by atoms with Gasteiger partial charge in [-0.15, -0.1) is 0 Å². The SMILES string of the molecule is CC(=O)OC1CC(=O)c2cc([N+](=O)[O-])ccc2O1. The average Bonchev–Trinajstić information content (AvgIpc) is 2.27. The molecule has 0 aliphatic carbocycles. The van der Waals surface area contributed by atoms with Gasteiger partial charge >= 0.3 is 5.97 Å². The Balaban J connectivity index is 2.30. The maximum absolute atomic E-state index is 11.8. The predicted molar refractivity (Wildman–Crippen MR) is 58.2 cm³/mol. The summed E-state index contributed by atoms with van der Waals surface area (Å²) in [7, 11) is 0. The number of hydrogen-bond acceptors (Lipinski definition) is 6. The topological polar surface area (TPSA) is 95.7 Å². The van der Waals surface area contributed by atoms with Gasteiger partial charge in [-0.05, 0) is 6.07 Å². The van der Waals surface area contributed by atoms with Crippen LogP contribution in [0.1, 0.15) is 23.7 Å². The highest BCUT2D eigenvalue weighted by Crippen LogP contribution is 2.31. The Kier molecular flexibility index (Phi) is 2.97. The zero-order valence-corrected chi connectivity index (χ0v) is 9.41. The Bertz CT molecular complexity index is 538. The fourth-order valence-electron chi connectivity index (χ4n) is 1.65. The van der Waals surface area contributed by atoms with Crippen molar-refractivity contribution in [2.45, 2.75) is 19.6 Å². The first kappa shape index (κ1) is 12.0. The Morgan fingerprint density at radius 1 is 1.56 bits per heavy atom. The zero-order chi connectivity index (χ0) is 13.3. The molecular weight excluding hydrogens is 242 g/mol. The number of ketones is 1. The van der Waals surface area contributed by atoms with E-state index in [0.29, 0.717) is 0 Å². The predicted octanol–water partition coefficient (Wildman–Crippen LogP) is 1.45. The molecule has 1 aliphatic heterocycles. The molecule has 0 fully saturated rings. The van der Waals surface area contributed by atoms with Gasteiger partial charge in [0.25, 0.3) is 12.0 Å². The van der Waals surface area contributed by atoms with Gasteiger partial charge in [-0.1, -0.05) is 0 Å². The van der Waals surface area contributed by atoms with E-state index < -0.39 is 17.2 Å². The van der Waals surface area contributed by atoms with Crippen LogP contribution in [-0.2, 0) is 9.53 Å². The number of carbonyl (C=O) groups excluding carboxylic acids is 2. The van der Waals surface area contributed by atoms with E-state index in [0.717, 1.165) is 6.07 Å². The normalized spacial score (nSPS) is 17.6. The molecule has 7 nitrogen and oxygen atoms in total. The average molecular weight is 251 g/mol. The fraction of sp³-hybridized carbons (Fsp3) is 0.273. The molecule has 0 saturated heterocycles. The molecule has 2 rings (SSSR count). The summed E-state index contributed by atoms with van der Waals surface area (Å²) in [6.07, 6.45) is -1.11. The molecule has 18 heavy (non-hydrogen) atoms. The summed E-state index contributed by atoms with van der Waals surface area (Å²) in [5.41, 5.74) is -0.0516. The van der Waals surface area contributed by atoms with Crippen molar-refractivity contribution < 1.29 is 24.0 Å². The fourth-order valence-corrected chi connectivity index (χ4v) is 1.65. The highest BCUT2D eigenvalue weighted by atomic mass is 16.7. The van der Waals surface area contributed by atoms with Crippen molar-refractivity contribution in [3.63, 3.8) is 0 Å². The van der Waals surface area contributed by atoms with Gasteiger partial charge in [0.1, 0.15) is 5.75 Å². The van der Waals surface area contributed by atoms with Gasteiger partial charge in [-0.3, -0.25) is 19.7 Å². The van der Waals surface area contributed by atoms with Crippen LogP contribution in [0.4, 0.5) is 5.69 Å². The Morgan fingerprint density at radius 2 is 2.28 bits per heavy atom. The molecule has 1 aliphatic rings. The lowest BCUT2D eigenvalue weighted by Gasteiger charge is -2.24. The van der Waals surface area contributed by atoms with Crippen molar-refractivity contribution >= 4 is 17.4 Å². The molecule has 1 aromatic rings. The summed E-state index contributed by atoms with van der Waals surface area (Å²) in [5.74, 6) is -0.729. The minimum atomic E-state index is -0.969. The van der Waals surface area contributed by atoms with Crippen LogP contribution in [0.5, 0.6) is 5.75 Å². The van der Waals surface area contributed by atoms with Gasteiger partial charge in [-0.25, -0.2) is 0 Å². The lowest BCUT2D eigenvalue weighted by molar-refractivity contribution is -0.384. The van der Waals surface area contributed by atoms with Gasteiger partial charge in [0, 0.05) is 19.1 Å². The van der Waals surface area contributed by atoms with E-state index in [9.17, 15) is 19.7 Å². The molecule has 0 radical (unpaired) electrons. The molecule has 0 amide bonds. The van der Waals surface area contributed by atoms with Crippen LogP contribution in [0.15, 0.2) is 18.2 Å². The number of nitro benzene ring substituents is 1. The third-order valence-electron chi connectivity index (χ3n) is 2.38. The van der Waals surface area contributed by atoms with Gasteiger partial charge in [-0.2, -0.15) is 0 Å². The maximum Gasteiger partial charge on any atom is 0.305 e. The largest absolute Gasteiger partial charge is 0.454 e. The van der Waals surface area contributed by atoms with Crippen molar-refractivity contribution in [2.75, 3.05) is 0 Å². The smallest absolute Gasteiger partial charge is 0.305 e. The Labute approximate surface area is 101 Å². The van der Waals surface area contributed by atoms with Crippen molar-refractivity contribution in [3.8, 4) is 5.75 Å². The second kappa shape index (κ2) is 4.44. The van der Waals surface area contributed by atoms with Crippen molar-refractivity contribution in [3.05, 3.63) is 33.9 Å². The number of rotatable bonds is 2. The van der Waals surface area contributed by atoms with Crippen LogP contribution < -0.4 is 4.74 Å². The summed E-state index contributed by atoms with van der Waals surface area (Å²) >= 11 is 0. The van der Waals surface area contributed by atoms with Crippen LogP contribution >= 0.6 is 0 Å². The maximum atomic E-state index is 11.8. The molecule has 94 valence electrons. The van der Waals surface area contributed by atoms with Gasteiger partial charge in [0.15, 0.2) is 5.78 Å². The molecule has 1 aromatic carbocycles. The molecule has 0 N–H and O–H groups in total. The van der Waals surface area contributed by atoms with E-state index in [2.05, 4.69) is 0 Å². The summed E-state index contributed by atoms with van der Waals surface area (Å²) in [6.45, 7) is 1.21. The summed E-state index contributed by atoms with van der Waals surface area (Å²) in [4.78, 5) is 32.5. The highest BCUT2D eigenvalue weighted by molar-refractivity contribution is 6.00. The third-order valence-corrected chi connectivity index (χ3v) is 2.38. The molecule has 0 saturated carbocycles.